The van der Waals surface area contributed by atoms with Gasteiger partial charge in [0.05, 0.1) is 6.61 Å². The van der Waals surface area contributed by atoms with Crippen molar-refractivity contribution in [2.75, 3.05) is 4.90 Å². The number of carbonyl (C=O) groups is 2. The van der Waals surface area contributed by atoms with Crippen molar-refractivity contribution in [3.05, 3.63) is 59.3 Å². The molecule has 4 rings (SSSR count). The van der Waals surface area contributed by atoms with Gasteiger partial charge in [-0.2, -0.15) is 18.1 Å². The Hall–Kier alpha value is -3.82. The zero-order chi connectivity index (χ0) is 35.8. The van der Waals surface area contributed by atoms with Crippen LogP contribution in [-0.2, 0) is 28.5 Å². The molecule has 2 aromatic heterocycles. The maximum absolute atomic E-state index is 15.9. The van der Waals surface area contributed by atoms with Gasteiger partial charge in [0.25, 0.3) is 0 Å². The van der Waals surface area contributed by atoms with Gasteiger partial charge >= 0.3 is 18.4 Å². The number of fused-ring (bicyclic) bond motifs is 1. The van der Waals surface area contributed by atoms with Crippen LogP contribution in [0, 0.1) is 5.82 Å². The summed E-state index contributed by atoms with van der Waals surface area (Å²) in [6, 6.07) is 4.80. The maximum Gasteiger partial charge on any atom is 0.433 e. The first-order valence-corrected chi connectivity index (χ1v) is 18.4. The second-order valence-electron chi connectivity index (χ2n) is 14.4. The number of carbonyl (C=O) groups excluding carboxylic acids is 1. The number of ether oxygens (including phenoxy) is 2. The molecule has 0 saturated heterocycles. The highest BCUT2D eigenvalue weighted by Gasteiger charge is 2.38. The molecule has 15 heteroatoms. The molecule has 48 heavy (non-hydrogen) atoms. The molecule has 0 aliphatic heterocycles. The summed E-state index contributed by atoms with van der Waals surface area (Å²) in [4.78, 5) is 33.0. The number of imide groups is 1. The summed E-state index contributed by atoms with van der Waals surface area (Å²) < 4.78 is 72.4. The van der Waals surface area contributed by atoms with Gasteiger partial charge in [0.2, 0.25) is 0 Å². The summed E-state index contributed by atoms with van der Waals surface area (Å²) in [6.45, 7) is 15.3. The number of anilines is 1. The third kappa shape index (κ3) is 8.79. The minimum Gasteiger partial charge on any atom is -0.490 e. The van der Waals surface area contributed by atoms with Crippen molar-refractivity contribution in [1.82, 2.24) is 15.3 Å². The van der Waals surface area contributed by atoms with Crippen LogP contribution in [0.1, 0.15) is 71.2 Å². The molecule has 0 bridgehead atoms. The number of rotatable bonds is 9. The number of amides is 2. The van der Waals surface area contributed by atoms with E-state index in [1.807, 2.05) is 0 Å². The van der Waals surface area contributed by atoms with Crippen LogP contribution >= 0.6 is 0 Å². The van der Waals surface area contributed by atoms with Crippen molar-refractivity contribution < 1.29 is 46.2 Å². The minimum absolute atomic E-state index is 0.0273. The Kier molecular flexibility index (Phi) is 10.5. The number of alkyl halides is 3. The van der Waals surface area contributed by atoms with Crippen LogP contribution < -0.4 is 15.0 Å². The second kappa shape index (κ2) is 13.6. The van der Waals surface area contributed by atoms with Crippen molar-refractivity contribution in [3.8, 4) is 5.75 Å². The Morgan fingerprint density at radius 1 is 1.04 bits per heavy atom. The number of halogens is 4. The van der Waals surface area contributed by atoms with E-state index in [1.165, 1.54) is 24.4 Å². The van der Waals surface area contributed by atoms with Gasteiger partial charge in [0.15, 0.2) is 8.32 Å². The molecule has 10 nitrogen and oxygen atoms in total. The number of aromatic nitrogens is 2. The first-order valence-electron chi connectivity index (χ1n) is 15.5. The Morgan fingerprint density at radius 2 is 1.71 bits per heavy atom. The predicted molar refractivity (Wildman–Crippen MR) is 174 cm³/mol. The number of hydrogen-bond acceptors (Lipinski definition) is 8. The second-order valence-corrected chi connectivity index (χ2v) is 19.2. The molecule has 1 saturated carbocycles. The molecule has 0 radical (unpaired) electrons. The van der Waals surface area contributed by atoms with Crippen LogP contribution in [0.2, 0.25) is 18.1 Å². The quantitative estimate of drug-likeness (QED) is 0.168. The number of nitrogens with zero attached hydrogens (tertiary/aromatic N) is 3. The van der Waals surface area contributed by atoms with Crippen LogP contribution in [0.4, 0.5) is 33.0 Å². The van der Waals surface area contributed by atoms with E-state index >= 15 is 4.39 Å². The third-order valence-electron chi connectivity index (χ3n) is 8.53. The maximum atomic E-state index is 15.9. The van der Waals surface area contributed by atoms with Gasteiger partial charge in [0, 0.05) is 42.0 Å². The molecular weight excluding hydrogens is 652 g/mol. The van der Waals surface area contributed by atoms with Gasteiger partial charge in [-0.3, -0.25) is 4.98 Å². The lowest BCUT2D eigenvalue weighted by Gasteiger charge is -2.36. The largest absolute Gasteiger partial charge is 0.490 e. The van der Waals surface area contributed by atoms with Crippen molar-refractivity contribution in [1.29, 1.82) is 0 Å². The van der Waals surface area contributed by atoms with Gasteiger partial charge in [-0.1, -0.05) is 20.8 Å². The van der Waals surface area contributed by atoms with Crippen LogP contribution in [0.5, 0.6) is 5.75 Å². The standard InChI is InChI=1S/C33H42F4N4O6Si/c1-31(2,3)47-30(44)41(29(42)43)28-15-23-24(16-40-28)19(18-45-48(7,8)32(4,5)6)11-26(34)25(23)17-39-20-12-22(13-20)46-21-9-10-38-27(14-21)33(35,36)37/h9-11,14-16,20,22,39H,12-13,17-18H2,1-8H3,(H,42,43)/t20-,22-. The Labute approximate surface area is 277 Å². The molecule has 1 fully saturated rings. The SMILES string of the molecule is CC(C)(C)OC(=O)N(C(=O)O)c1cc2c(CN[C@H]3C[C@H](Oc4ccnc(C(F)(F)F)c4)C3)c(F)cc(CO[Si](C)(C)C(C)(C)C)c2cn1. The fourth-order valence-corrected chi connectivity index (χ4v) is 5.73. The van der Waals surface area contributed by atoms with Crippen molar-refractivity contribution in [3.63, 3.8) is 0 Å². The van der Waals surface area contributed by atoms with Crippen molar-refractivity contribution in [2.24, 2.45) is 0 Å². The minimum atomic E-state index is -4.59. The summed E-state index contributed by atoms with van der Waals surface area (Å²) in [5, 5.41) is 13.9. The zero-order valence-corrected chi connectivity index (χ0v) is 29.3. The monoisotopic (exact) mass is 694 g/mol. The van der Waals surface area contributed by atoms with E-state index in [0.29, 0.717) is 34.1 Å². The molecule has 0 spiro atoms. The van der Waals surface area contributed by atoms with Gasteiger partial charge < -0.3 is 24.3 Å². The molecule has 262 valence electrons. The van der Waals surface area contributed by atoms with E-state index in [2.05, 4.69) is 49.1 Å². The Morgan fingerprint density at radius 3 is 2.29 bits per heavy atom. The molecule has 0 unspecified atom stereocenters. The number of nitrogens with one attached hydrogen (secondary N) is 1. The molecule has 2 N–H and O–H groups in total. The van der Waals surface area contributed by atoms with Crippen LogP contribution in [0.3, 0.4) is 0 Å². The van der Waals surface area contributed by atoms with Crippen LogP contribution in [0.25, 0.3) is 10.8 Å². The lowest BCUT2D eigenvalue weighted by atomic mass is 9.88. The number of benzene rings is 1. The van der Waals surface area contributed by atoms with Crippen molar-refractivity contribution >= 4 is 37.1 Å². The van der Waals surface area contributed by atoms with E-state index in [9.17, 15) is 27.9 Å². The predicted octanol–water partition coefficient (Wildman–Crippen LogP) is 8.43. The summed E-state index contributed by atoms with van der Waals surface area (Å²) in [5.41, 5.74) is -1.30. The number of carboxylic acid groups (broad SMARTS) is 1. The van der Waals surface area contributed by atoms with Crippen molar-refractivity contribution in [2.45, 2.75) is 110 Å². The fraction of sp³-hybridized carbons (Fsp3) is 0.515. The highest BCUT2D eigenvalue weighted by Crippen LogP contribution is 2.38. The average Bonchev–Trinajstić information content (AvgIpc) is 2.91. The number of pyridine rings is 2. The third-order valence-corrected chi connectivity index (χ3v) is 13.0. The molecule has 1 aromatic carbocycles. The Balaban J connectivity index is 1.60. The summed E-state index contributed by atoms with van der Waals surface area (Å²) in [7, 11) is -2.24. The first-order chi connectivity index (χ1) is 22.1. The average molecular weight is 695 g/mol. The smallest absolute Gasteiger partial charge is 0.433 e. The van der Waals surface area contributed by atoms with E-state index in [-0.39, 0.29) is 47.5 Å². The summed E-state index contributed by atoms with van der Waals surface area (Å²) in [5.74, 6) is -0.773. The molecule has 0 atom stereocenters. The van der Waals surface area contributed by atoms with E-state index in [1.54, 1.807) is 20.8 Å². The topological polar surface area (TPSA) is 123 Å². The molecule has 1 aliphatic rings. The number of hydrogen-bond donors (Lipinski definition) is 2. The fourth-order valence-electron chi connectivity index (χ4n) is 4.78. The van der Waals surface area contributed by atoms with E-state index in [0.717, 1.165) is 12.3 Å². The zero-order valence-electron chi connectivity index (χ0n) is 28.3. The van der Waals surface area contributed by atoms with Gasteiger partial charge in [-0.15, -0.1) is 0 Å². The summed E-state index contributed by atoms with van der Waals surface area (Å²) in [6.07, 6.45) is -4.36. The van der Waals surface area contributed by atoms with E-state index < -0.39 is 43.8 Å². The molecular formula is C33H42F4N4O6Si. The molecule has 3 aromatic rings. The van der Waals surface area contributed by atoms with E-state index in [4.69, 9.17) is 13.9 Å². The van der Waals surface area contributed by atoms with Gasteiger partial charge in [-0.25, -0.2) is 19.0 Å². The molecule has 1 aliphatic carbocycles. The highest BCUT2D eigenvalue weighted by atomic mass is 28.4. The lowest BCUT2D eigenvalue weighted by molar-refractivity contribution is -0.141. The molecule has 2 heterocycles. The Bertz CT molecular complexity index is 1670. The van der Waals surface area contributed by atoms with Gasteiger partial charge in [-0.05, 0) is 80.9 Å². The van der Waals surface area contributed by atoms with Crippen LogP contribution in [0.15, 0.2) is 36.7 Å². The molecule has 2 amide bonds. The first kappa shape index (κ1) is 37.0. The van der Waals surface area contributed by atoms with Gasteiger partial charge in [0.1, 0.15) is 34.8 Å². The lowest BCUT2D eigenvalue weighted by Crippen LogP contribution is -2.46. The van der Waals surface area contributed by atoms with Crippen LogP contribution in [-0.4, -0.2) is 53.3 Å². The highest BCUT2D eigenvalue weighted by molar-refractivity contribution is 6.74. The normalized spacial score (nSPS) is 17.2. The summed E-state index contributed by atoms with van der Waals surface area (Å²) >= 11 is 0.